The van der Waals surface area contributed by atoms with E-state index < -0.39 is 23.4 Å². The molecular formula is C15H10Cl2F2N2O2. The van der Waals surface area contributed by atoms with E-state index in [9.17, 15) is 18.4 Å². The van der Waals surface area contributed by atoms with Gasteiger partial charge >= 0.3 is 0 Å². The molecule has 0 unspecified atom stereocenters. The van der Waals surface area contributed by atoms with Gasteiger partial charge in [-0.15, -0.1) is 0 Å². The van der Waals surface area contributed by atoms with Gasteiger partial charge in [-0.05, 0) is 30.3 Å². The van der Waals surface area contributed by atoms with Gasteiger partial charge in [0.05, 0.1) is 22.3 Å². The number of halogens is 4. The molecule has 0 fully saturated rings. The number of hydrogen-bond donors (Lipinski definition) is 2. The SMILES string of the molecule is O=C(CNC(=O)c1ccc(F)c(F)c1)Nc1cccc(Cl)c1Cl. The second-order valence-corrected chi connectivity index (χ2v) is 5.25. The van der Waals surface area contributed by atoms with E-state index in [2.05, 4.69) is 10.6 Å². The number of benzene rings is 2. The Morgan fingerprint density at radius 3 is 2.48 bits per heavy atom. The van der Waals surface area contributed by atoms with Crippen LogP contribution in [0.25, 0.3) is 0 Å². The molecular weight excluding hydrogens is 349 g/mol. The van der Waals surface area contributed by atoms with Crippen molar-refractivity contribution in [2.45, 2.75) is 0 Å². The summed E-state index contributed by atoms with van der Waals surface area (Å²) in [5.41, 5.74) is 0.198. The van der Waals surface area contributed by atoms with E-state index in [1.807, 2.05) is 0 Å². The second-order valence-electron chi connectivity index (χ2n) is 4.46. The molecule has 0 radical (unpaired) electrons. The Labute approximate surface area is 140 Å². The van der Waals surface area contributed by atoms with Gasteiger partial charge in [-0.25, -0.2) is 8.78 Å². The van der Waals surface area contributed by atoms with Crippen LogP contribution in [0.4, 0.5) is 14.5 Å². The zero-order valence-corrected chi connectivity index (χ0v) is 13.0. The van der Waals surface area contributed by atoms with Crippen LogP contribution in [0.2, 0.25) is 10.0 Å². The maximum Gasteiger partial charge on any atom is 0.251 e. The lowest BCUT2D eigenvalue weighted by Gasteiger charge is -2.09. The molecule has 2 aromatic carbocycles. The molecule has 2 rings (SSSR count). The Balaban J connectivity index is 1.94. The van der Waals surface area contributed by atoms with Crippen LogP contribution < -0.4 is 10.6 Å². The fourth-order valence-electron chi connectivity index (χ4n) is 1.69. The Kier molecular flexibility index (Phi) is 5.52. The van der Waals surface area contributed by atoms with Crippen molar-refractivity contribution in [2.75, 3.05) is 11.9 Å². The molecule has 0 saturated carbocycles. The van der Waals surface area contributed by atoms with Gasteiger partial charge < -0.3 is 10.6 Å². The van der Waals surface area contributed by atoms with Gasteiger partial charge in [-0.1, -0.05) is 29.3 Å². The number of carbonyl (C=O) groups excluding carboxylic acids is 2. The van der Waals surface area contributed by atoms with E-state index >= 15 is 0 Å². The first-order valence-electron chi connectivity index (χ1n) is 6.35. The molecule has 0 aliphatic rings. The highest BCUT2D eigenvalue weighted by Gasteiger charge is 2.12. The van der Waals surface area contributed by atoms with Crippen LogP contribution in [0.5, 0.6) is 0 Å². The number of hydrogen-bond acceptors (Lipinski definition) is 2. The molecule has 0 aliphatic heterocycles. The van der Waals surface area contributed by atoms with E-state index in [4.69, 9.17) is 23.2 Å². The Morgan fingerprint density at radius 1 is 1.04 bits per heavy atom. The number of amides is 2. The zero-order chi connectivity index (χ0) is 17.0. The first-order chi connectivity index (χ1) is 10.9. The molecule has 8 heteroatoms. The summed E-state index contributed by atoms with van der Waals surface area (Å²) in [6.45, 7) is -0.374. The molecule has 2 aromatic rings. The topological polar surface area (TPSA) is 58.2 Å². The zero-order valence-electron chi connectivity index (χ0n) is 11.5. The predicted molar refractivity (Wildman–Crippen MR) is 83.8 cm³/mol. The number of rotatable bonds is 4. The second kappa shape index (κ2) is 7.39. The number of nitrogens with one attached hydrogen (secondary N) is 2. The van der Waals surface area contributed by atoms with Crippen molar-refractivity contribution < 1.29 is 18.4 Å². The third kappa shape index (κ3) is 4.40. The van der Waals surface area contributed by atoms with Crippen molar-refractivity contribution in [2.24, 2.45) is 0 Å². The van der Waals surface area contributed by atoms with Gasteiger partial charge in [-0.2, -0.15) is 0 Å². The third-order valence-electron chi connectivity index (χ3n) is 2.82. The Hall–Kier alpha value is -2.18. The Bertz CT molecular complexity index is 769. The average molecular weight is 359 g/mol. The van der Waals surface area contributed by atoms with Gasteiger partial charge in [0.15, 0.2) is 11.6 Å². The van der Waals surface area contributed by atoms with Crippen molar-refractivity contribution in [3.05, 3.63) is 63.6 Å². The molecule has 0 heterocycles. The minimum atomic E-state index is -1.15. The monoisotopic (exact) mass is 358 g/mol. The lowest BCUT2D eigenvalue weighted by molar-refractivity contribution is -0.115. The maximum atomic E-state index is 13.0. The Morgan fingerprint density at radius 2 is 1.78 bits per heavy atom. The number of anilines is 1. The lowest BCUT2D eigenvalue weighted by Crippen LogP contribution is -2.33. The molecule has 0 aromatic heterocycles. The summed E-state index contributed by atoms with van der Waals surface area (Å²) in [5, 5.41) is 5.21. The molecule has 0 spiro atoms. The highest BCUT2D eigenvalue weighted by molar-refractivity contribution is 6.44. The van der Waals surface area contributed by atoms with E-state index in [-0.39, 0.29) is 22.2 Å². The van der Waals surface area contributed by atoms with Gasteiger partial charge in [0, 0.05) is 5.56 Å². The van der Waals surface area contributed by atoms with Crippen LogP contribution >= 0.6 is 23.2 Å². The van der Waals surface area contributed by atoms with E-state index in [1.54, 1.807) is 18.2 Å². The highest BCUT2D eigenvalue weighted by Crippen LogP contribution is 2.29. The summed E-state index contributed by atoms with van der Waals surface area (Å²) in [7, 11) is 0. The van der Waals surface area contributed by atoms with Crippen LogP contribution in [-0.4, -0.2) is 18.4 Å². The fraction of sp³-hybridized carbons (Fsp3) is 0.0667. The quantitative estimate of drug-likeness (QED) is 0.876. The van der Waals surface area contributed by atoms with Crippen molar-refractivity contribution >= 4 is 40.7 Å². The molecule has 2 N–H and O–H groups in total. The van der Waals surface area contributed by atoms with E-state index in [0.29, 0.717) is 5.69 Å². The normalized spacial score (nSPS) is 10.3. The molecule has 4 nitrogen and oxygen atoms in total. The third-order valence-corrected chi connectivity index (χ3v) is 3.64. The van der Waals surface area contributed by atoms with Crippen molar-refractivity contribution in [3.8, 4) is 0 Å². The highest BCUT2D eigenvalue weighted by atomic mass is 35.5. The van der Waals surface area contributed by atoms with Crippen LogP contribution in [-0.2, 0) is 4.79 Å². The van der Waals surface area contributed by atoms with Crippen LogP contribution in [0.3, 0.4) is 0 Å². The summed E-state index contributed by atoms with van der Waals surface area (Å²) in [6, 6.07) is 7.39. The van der Waals surface area contributed by atoms with Crippen molar-refractivity contribution in [1.82, 2.24) is 5.32 Å². The first kappa shape index (κ1) is 17.2. The standard InChI is InChI=1S/C15H10Cl2F2N2O2/c16-9-2-1-3-12(14(9)17)21-13(22)7-20-15(23)8-4-5-10(18)11(19)6-8/h1-6H,7H2,(H,20,23)(H,21,22). The molecule has 0 saturated heterocycles. The molecule has 0 aliphatic carbocycles. The predicted octanol–water partition coefficient (Wildman–Crippen LogP) is 3.64. The average Bonchev–Trinajstić information content (AvgIpc) is 2.52. The fourth-order valence-corrected chi connectivity index (χ4v) is 2.04. The van der Waals surface area contributed by atoms with Gasteiger partial charge in [0.1, 0.15) is 0 Å². The molecule has 0 bridgehead atoms. The van der Waals surface area contributed by atoms with Crippen molar-refractivity contribution in [3.63, 3.8) is 0 Å². The van der Waals surface area contributed by atoms with Gasteiger partial charge in [-0.3, -0.25) is 9.59 Å². The molecule has 120 valence electrons. The van der Waals surface area contributed by atoms with E-state index in [0.717, 1.165) is 18.2 Å². The van der Waals surface area contributed by atoms with Crippen LogP contribution in [0.15, 0.2) is 36.4 Å². The van der Waals surface area contributed by atoms with Crippen LogP contribution in [0, 0.1) is 11.6 Å². The number of carbonyl (C=O) groups is 2. The molecule has 23 heavy (non-hydrogen) atoms. The summed E-state index contributed by atoms with van der Waals surface area (Å²) < 4.78 is 25.8. The maximum absolute atomic E-state index is 13.0. The summed E-state index contributed by atoms with van der Waals surface area (Å²) in [6.07, 6.45) is 0. The summed E-state index contributed by atoms with van der Waals surface area (Å²) in [5.74, 6) is -3.47. The smallest absolute Gasteiger partial charge is 0.251 e. The van der Waals surface area contributed by atoms with E-state index in [1.165, 1.54) is 0 Å². The molecule has 2 amide bonds. The van der Waals surface area contributed by atoms with Gasteiger partial charge in [0.2, 0.25) is 5.91 Å². The molecule has 0 atom stereocenters. The summed E-state index contributed by atoms with van der Waals surface area (Å²) >= 11 is 11.7. The minimum absolute atomic E-state index is 0.0995. The first-order valence-corrected chi connectivity index (χ1v) is 7.11. The minimum Gasteiger partial charge on any atom is -0.343 e. The van der Waals surface area contributed by atoms with Gasteiger partial charge in [0.25, 0.3) is 5.91 Å². The lowest BCUT2D eigenvalue weighted by atomic mass is 10.2. The van der Waals surface area contributed by atoms with Crippen LogP contribution in [0.1, 0.15) is 10.4 Å². The largest absolute Gasteiger partial charge is 0.343 e. The summed E-state index contributed by atoms with van der Waals surface area (Å²) in [4.78, 5) is 23.5. The van der Waals surface area contributed by atoms with Crippen molar-refractivity contribution in [1.29, 1.82) is 0 Å².